The number of carbonyl (C=O) groups is 2. The molecule has 2 fully saturated rings. The molecule has 29 heavy (non-hydrogen) atoms. The molecule has 1 saturated heterocycles. The number of hydrogen-bond donors (Lipinski definition) is 1. The van der Waals surface area contributed by atoms with Gasteiger partial charge in [0, 0.05) is 24.7 Å². The Kier molecular flexibility index (Phi) is 5.89. The average molecular weight is 414 g/mol. The molecule has 0 radical (unpaired) electrons. The lowest BCUT2D eigenvalue weighted by Gasteiger charge is -2.23. The van der Waals surface area contributed by atoms with Crippen LogP contribution in [0.15, 0.2) is 29.4 Å². The van der Waals surface area contributed by atoms with E-state index < -0.39 is 0 Å². The van der Waals surface area contributed by atoms with Crippen LogP contribution in [0.1, 0.15) is 38.2 Å². The Morgan fingerprint density at radius 2 is 2.00 bits per heavy atom. The van der Waals surface area contributed by atoms with Crippen LogP contribution in [0.3, 0.4) is 0 Å². The van der Waals surface area contributed by atoms with Gasteiger partial charge in [-0.2, -0.15) is 0 Å². The predicted octanol–water partition coefficient (Wildman–Crippen LogP) is 2.64. The van der Waals surface area contributed by atoms with Crippen LogP contribution in [0.2, 0.25) is 0 Å². The summed E-state index contributed by atoms with van der Waals surface area (Å²) in [6.07, 6.45) is 3.73. The van der Waals surface area contributed by atoms with Gasteiger partial charge in [-0.3, -0.25) is 9.59 Å². The molecule has 1 aromatic heterocycles. The predicted molar refractivity (Wildman–Crippen MR) is 112 cm³/mol. The third-order valence-electron chi connectivity index (χ3n) is 5.54. The highest BCUT2D eigenvalue weighted by Gasteiger charge is 2.36. The molecule has 1 unspecified atom stereocenters. The summed E-state index contributed by atoms with van der Waals surface area (Å²) in [6.45, 7) is 5.48. The number of benzene rings is 1. The van der Waals surface area contributed by atoms with Crippen LogP contribution in [-0.2, 0) is 16.1 Å². The molecular weight excluding hydrogens is 386 g/mol. The summed E-state index contributed by atoms with van der Waals surface area (Å²) in [5.74, 6) is 1.08. The third kappa shape index (κ3) is 4.32. The topological polar surface area (TPSA) is 80.1 Å². The van der Waals surface area contributed by atoms with Crippen molar-refractivity contribution in [1.29, 1.82) is 0 Å². The molecule has 1 aliphatic heterocycles. The van der Waals surface area contributed by atoms with E-state index in [9.17, 15) is 9.59 Å². The Balaban J connectivity index is 1.43. The lowest BCUT2D eigenvalue weighted by molar-refractivity contribution is -0.136. The van der Waals surface area contributed by atoms with E-state index in [-0.39, 0.29) is 23.6 Å². The maximum Gasteiger partial charge on any atom is 0.243 e. The van der Waals surface area contributed by atoms with E-state index in [1.807, 2.05) is 22.8 Å². The fourth-order valence-corrected chi connectivity index (χ4v) is 4.66. The average Bonchev–Trinajstić information content (AvgIpc) is 3.24. The lowest BCUT2D eigenvalue weighted by Crippen LogP contribution is -2.47. The van der Waals surface area contributed by atoms with Gasteiger partial charge in [-0.1, -0.05) is 36.0 Å². The summed E-state index contributed by atoms with van der Waals surface area (Å²) >= 11 is 1.39. The maximum absolute atomic E-state index is 12.8. The number of thioether (sulfide) groups is 1. The van der Waals surface area contributed by atoms with Gasteiger partial charge in [0.2, 0.25) is 11.8 Å². The molecule has 0 bridgehead atoms. The van der Waals surface area contributed by atoms with Gasteiger partial charge in [0.15, 0.2) is 11.0 Å². The first-order valence-corrected chi connectivity index (χ1v) is 11.3. The molecule has 1 aliphatic carbocycles. The second kappa shape index (κ2) is 8.57. The summed E-state index contributed by atoms with van der Waals surface area (Å²) in [6, 6.07) is 8.09. The number of nitrogens with zero attached hydrogens (tertiary/aromatic N) is 4. The number of aryl methyl sites for hydroxylation is 1. The third-order valence-corrected chi connectivity index (χ3v) is 6.49. The number of aromatic nitrogens is 3. The van der Waals surface area contributed by atoms with Crippen molar-refractivity contribution < 1.29 is 9.59 Å². The number of likely N-dealkylation sites (tertiary alicyclic amines) is 1. The first-order chi connectivity index (χ1) is 14.1. The highest BCUT2D eigenvalue weighted by molar-refractivity contribution is 7.99. The fourth-order valence-electron chi connectivity index (χ4n) is 3.78. The number of nitrogens with one attached hydrogen (secondary N) is 1. The van der Waals surface area contributed by atoms with Crippen LogP contribution >= 0.6 is 11.8 Å². The second-order valence-corrected chi connectivity index (χ2v) is 8.62. The molecule has 4 rings (SSSR count). The first kappa shape index (κ1) is 19.9. The van der Waals surface area contributed by atoms with Gasteiger partial charge in [-0.15, -0.1) is 10.2 Å². The van der Waals surface area contributed by atoms with Gasteiger partial charge in [-0.25, -0.2) is 0 Å². The molecular formula is C21H27N5O2S. The molecule has 2 aliphatic rings. The van der Waals surface area contributed by atoms with Crippen molar-refractivity contribution >= 4 is 23.6 Å². The normalized spacial score (nSPS) is 18.8. The van der Waals surface area contributed by atoms with Crippen LogP contribution < -0.4 is 5.32 Å². The maximum atomic E-state index is 12.8. The minimum Gasteiger partial charge on any atom is -0.352 e. The van der Waals surface area contributed by atoms with E-state index in [1.165, 1.54) is 11.8 Å². The molecule has 0 spiro atoms. The van der Waals surface area contributed by atoms with E-state index in [4.69, 9.17) is 0 Å². The highest BCUT2D eigenvalue weighted by Crippen LogP contribution is 2.27. The zero-order valence-electron chi connectivity index (χ0n) is 16.9. The van der Waals surface area contributed by atoms with Gasteiger partial charge in [-0.05, 0) is 45.1 Å². The van der Waals surface area contributed by atoms with Crippen LogP contribution in [0.5, 0.6) is 0 Å². The Morgan fingerprint density at radius 1 is 1.21 bits per heavy atom. The number of amides is 2. The lowest BCUT2D eigenvalue weighted by atomic mass is 10.1. The summed E-state index contributed by atoms with van der Waals surface area (Å²) in [5.41, 5.74) is 2.19. The number of hydrogen-bond acceptors (Lipinski definition) is 5. The minimum atomic E-state index is -0.324. The molecule has 2 amide bonds. The van der Waals surface area contributed by atoms with E-state index in [0.717, 1.165) is 54.3 Å². The SMILES string of the molecule is CCn1c(SCC(=O)N2CCCC2C(=O)NC2CC2)nnc1-c1ccccc1C. The molecule has 1 atom stereocenters. The zero-order chi connectivity index (χ0) is 20.4. The van der Waals surface area contributed by atoms with Crippen molar-refractivity contribution in [3.63, 3.8) is 0 Å². The van der Waals surface area contributed by atoms with Gasteiger partial charge >= 0.3 is 0 Å². The molecule has 2 heterocycles. The van der Waals surface area contributed by atoms with Crippen LogP contribution in [0.4, 0.5) is 0 Å². The first-order valence-electron chi connectivity index (χ1n) is 10.3. The Labute approximate surface area is 175 Å². The van der Waals surface area contributed by atoms with E-state index in [0.29, 0.717) is 12.6 Å². The standard InChI is InChI=1S/C21H27N5O2S/c1-3-25-19(16-8-5-4-7-14(16)2)23-24-21(25)29-13-18(27)26-12-6-9-17(26)20(28)22-15-10-11-15/h4-5,7-8,15,17H,3,6,9-13H2,1-2H3,(H,22,28). The van der Waals surface area contributed by atoms with Crippen LogP contribution in [0.25, 0.3) is 11.4 Å². The highest BCUT2D eigenvalue weighted by atomic mass is 32.2. The van der Waals surface area contributed by atoms with Crippen molar-refractivity contribution in [2.24, 2.45) is 0 Å². The monoisotopic (exact) mass is 413 g/mol. The second-order valence-electron chi connectivity index (χ2n) is 7.68. The van der Waals surface area contributed by atoms with Crippen LogP contribution in [0, 0.1) is 6.92 Å². The molecule has 7 nitrogen and oxygen atoms in total. The summed E-state index contributed by atoms with van der Waals surface area (Å²) in [7, 11) is 0. The molecule has 1 aromatic carbocycles. The van der Waals surface area contributed by atoms with E-state index >= 15 is 0 Å². The Bertz CT molecular complexity index is 908. The summed E-state index contributed by atoms with van der Waals surface area (Å²) < 4.78 is 2.04. The van der Waals surface area contributed by atoms with Gasteiger partial charge in [0.05, 0.1) is 5.75 Å². The largest absolute Gasteiger partial charge is 0.352 e. The molecule has 2 aromatic rings. The van der Waals surface area contributed by atoms with Crippen molar-refractivity contribution in [3.8, 4) is 11.4 Å². The summed E-state index contributed by atoms with van der Waals surface area (Å²) in [5, 5.41) is 12.5. The Hall–Kier alpha value is -2.35. The van der Waals surface area contributed by atoms with Crippen molar-refractivity contribution in [2.75, 3.05) is 12.3 Å². The van der Waals surface area contributed by atoms with Gasteiger partial charge in [0.25, 0.3) is 0 Å². The molecule has 154 valence electrons. The quantitative estimate of drug-likeness (QED) is 0.706. The summed E-state index contributed by atoms with van der Waals surface area (Å²) in [4.78, 5) is 27.0. The van der Waals surface area contributed by atoms with E-state index in [2.05, 4.69) is 35.4 Å². The van der Waals surface area contributed by atoms with E-state index in [1.54, 1.807) is 4.90 Å². The Morgan fingerprint density at radius 3 is 2.72 bits per heavy atom. The number of rotatable bonds is 7. The van der Waals surface area contributed by atoms with Crippen LogP contribution in [-0.4, -0.2) is 55.9 Å². The van der Waals surface area contributed by atoms with Gasteiger partial charge in [0.1, 0.15) is 6.04 Å². The molecule has 1 saturated carbocycles. The zero-order valence-corrected chi connectivity index (χ0v) is 17.7. The minimum absolute atomic E-state index is 0.00177. The smallest absolute Gasteiger partial charge is 0.243 e. The fraction of sp³-hybridized carbons (Fsp3) is 0.524. The van der Waals surface area contributed by atoms with Crippen molar-refractivity contribution in [2.45, 2.75) is 63.3 Å². The van der Waals surface area contributed by atoms with Crippen molar-refractivity contribution in [1.82, 2.24) is 25.0 Å². The van der Waals surface area contributed by atoms with Crippen molar-refractivity contribution in [3.05, 3.63) is 29.8 Å². The van der Waals surface area contributed by atoms with Gasteiger partial charge < -0.3 is 14.8 Å². The molecule has 1 N–H and O–H groups in total. The number of carbonyl (C=O) groups excluding carboxylic acids is 2. The molecule has 8 heteroatoms.